The Balaban J connectivity index is 1.53. The van der Waals surface area contributed by atoms with E-state index in [0.717, 1.165) is 37.9 Å². The fourth-order valence-corrected chi connectivity index (χ4v) is 6.74. The van der Waals surface area contributed by atoms with Crippen LogP contribution in [-0.4, -0.2) is 76.6 Å². The number of carbonyl (C=O) groups is 2. The van der Waals surface area contributed by atoms with Gasteiger partial charge in [0, 0.05) is 31.2 Å². The molecule has 0 unspecified atom stereocenters. The fourth-order valence-electron chi connectivity index (χ4n) is 4.74. The maximum atomic E-state index is 13.6. The van der Waals surface area contributed by atoms with Crippen molar-refractivity contribution in [2.45, 2.75) is 51.5 Å². The highest BCUT2D eigenvalue weighted by molar-refractivity contribution is 7.19. The molecule has 0 saturated carbocycles. The number of aromatic nitrogens is 3. The minimum atomic E-state index is -4.63. The maximum absolute atomic E-state index is 13.6. The SMILES string of the molecule is COC(=O)c1sc(OCC(F)(F)F)c2nc(C(=O)NC3CCN(C(C)C)CC3)n(Cc3cc(-c4ccc(Cl)s4)on3)c12. The molecule has 16 heteroatoms. The summed E-state index contributed by atoms with van der Waals surface area (Å²) < 4.78 is 56.5. The molecule has 1 saturated heterocycles. The van der Waals surface area contributed by atoms with Crippen LogP contribution in [0.5, 0.6) is 5.06 Å². The molecule has 1 amide bonds. The van der Waals surface area contributed by atoms with E-state index in [0.29, 0.717) is 33.2 Å². The lowest BCUT2D eigenvalue weighted by Gasteiger charge is -2.34. The molecule has 1 N–H and O–H groups in total. The number of halogens is 4. The van der Waals surface area contributed by atoms with Crippen molar-refractivity contribution < 1.29 is 36.8 Å². The predicted molar refractivity (Wildman–Crippen MR) is 152 cm³/mol. The summed E-state index contributed by atoms with van der Waals surface area (Å²) in [4.78, 5) is 33.7. The third kappa shape index (κ3) is 6.58. The number of ether oxygens (including phenoxy) is 2. The molecule has 1 aliphatic heterocycles. The van der Waals surface area contributed by atoms with Crippen LogP contribution in [0.3, 0.4) is 0 Å². The molecule has 226 valence electrons. The lowest BCUT2D eigenvalue weighted by molar-refractivity contribution is -0.152. The van der Waals surface area contributed by atoms with E-state index < -0.39 is 24.7 Å². The molecule has 42 heavy (non-hydrogen) atoms. The van der Waals surface area contributed by atoms with Crippen LogP contribution in [0.15, 0.2) is 22.7 Å². The summed E-state index contributed by atoms with van der Waals surface area (Å²) in [5.41, 5.74) is 0.429. The number of fused-ring (bicyclic) bond motifs is 1. The molecule has 0 bridgehead atoms. The van der Waals surface area contributed by atoms with E-state index in [1.165, 1.54) is 15.9 Å². The quantitative estimate of drug-likeness (QED) is 0.226. The number of esters is 1. The fraction of sp³-hybridized carbons (Fsp3) is 0.462. The van der Waals surface area contributed by atoms with Crippen LogP contribution in [0.25, 0.3) is 21.7 Å². The van der Waals surface area contributed by atoms with Gasteiger partial charge in [-0.1, -0.05) is 28.1 Å². The molecular weight excluding hydrogens is 619 g/mol. The first-order valence-corrected chi connectivity index (χ1v) is 15.0. The van der Waals surface area contributed by atoms with E-state index >= 15 is 0 Å². The van der Waals surface area contributed by atoms with Gasteiger partial charge in [-0.3, -0.25) is 4.79 Å². The molecule has 0 aliphatic carbocycles. The van der Waals surface area contributed by atoms with Crippen molar-refractivity contribution in [1.29, 1.82) is 0 Å². The molecule has 0 atom stereocenters. The first kappa shape index (κ1) is 30.3. The summed E-state index contributed by atoms with van der Waals surface area (Å²) in [7, 11) is 1.15. The molecule has 10 nitrogen and oxygen atoms in total. The molecule has 0 spiro atoms. The normalized spacial score (nSPS) is 15.0. The van der Waals surface area contributed by atoms with E-state index in [1.807, 2.05) is 0 Å². The van der Waals surface area contributed by atoms with Crippen molar-refractivity contribution in [2.24, 2.45) is 0 Å². The van der Waals surface area contributed by atoms with E-state index in [4.69, 9.17) is 25.6 Å². The highest BCUT2D eigenvalue weighted by atomic mass is 35.5. The van der Waals surface area contributed by atoms with Gasteiger partial charge in [-0.05, 0) is 38.8 Å². The van der Waals surface area contributed by atoms with Crippen LogP contribution in [0.1, 0.15) is 52.7 Å². The van der Waals surface area contributed by atoms with E-state index in [1.54, 1.807) is 18.2 Å². The molecule has 4 aromatic rings. The summed E-state index contributed by atoms with van der Waals surface area (Å²) in [5, 5.41) is 6.85. The highest BCUT2D eigenvalue weighted by Crippen LogP contribution is 2.40. The number of piperidine rings is 1. The molecule has 5 rings (SSSR count). The first-order chi connectivity index (χ1) is 19.9. The molecule has 4 aromatic heterocycles. The largest absolute Gasteiger partial charge is 0.473 e. The zero-order chi connectivity index (χ0) is 30.2. The number of carbonyl (C=O) groups excluding carboxylic acids is 2. The molecular formula is C26H27ClF3N5O5S2. The minimum absolute atomic E-state index is 0.0572. The number of hydrogen-bond acceptors (Lipinski definition) is 10. The second-order valence-corrected chi connectivity index (χ2v) is 12.7. The topological polar surface area (TPSA) is 112 Å². The van der Waals surface area contributed by atoms with Crippen molar-refractivity contribution in [1.82, 2.24) is 24.9 Å². The number of methoxy groups -OCH3 is 1. The molecule has 1 aliphatic rings. The number of nitrogens with one attached hydrogen (secondary N) is 1. The average molecular weight is 646 g/mol. The number of rotatable bonds is 9. The Morgan fingerprint density at radius 3 is 2.60 bits per heavy atom. The van der Waals surface area contributed by atoms with Crippen molar-refractivity contribution in [3.63, 3.8) is 0 Å². The lowest BCUT2D eigenvalue weighted by Crippen LogP contribution is -2.47. The van der Waals surface area contributed by atoms with Gasteiger partial charge in [-0.15, -0.1) is 11.3 Å². The van der Waals surface area contributed by atoms with Gasteiger partial charge in [0.05, 0.1) is 28.4 Å². The second kappa shape index (κ2) is 12.2. The Morgan fingerprint density at radius 1 is 1.24 bits per heavy atom. The van der Waals surface area contributed by atoms with Crippen molar-refractivity contribution in [3.8, 4) is 15.7 Å². The molecule has 0 aromatic carbocycles. The van der Waals surface area contributed by atoms with Crippen LogP contribution in [0.2, 0.25) is 4.34 Å². The zero-order valence-electron chi connectivity index (χ0n) is 22.8. The van der Waals surface area contributed by atoms with Gasteiger partial charge >= 0.3 is 12.1 Å². The number of amides is 1. The number of hydrogen-bond donors (Lipinski definition) is 1. The smallest absolute Gasteiger partial charge is 0.422 e. The predicted octanol–water partition coefficient (Wildman–Crippen LogP) is 5.85. The summed E-state index contributed by atoms with van der Waals surface area (Å²) in [6.45, 7) is 4.17. The van der Waals surface area contributed by atoms with Gasteiger partial charge < -0.3 is 28.8 Å². The van der Waals surface area contributed by atoms with Gasteiger partial charge in [0.25, 0.3) is 5.91 Å². The van der Waals surface area contributed by atoms with Gasteiger partial charge in [-0.2, -0.15) is 13.2 Å². The number of thiophene rings is 2. The zero-order valence-corrected chi connectivity index (χ0v) is 25.2. The van der Waals surface area contributed by atoms with Crippen molar-refractivity contribution in [2.75, 3.05) is 26.8 Å². The number of nitrogens with zero attached hydrogens (tertiary/aromatic N) is 4. The van der Waals surface area contributed by atoms with Crippen LogP contribution in [-0.2, 0) is 11.3 Å². The van der Waals surface area contributed by atoms with Crippen molar-refractivity contribution >= 4 is 57.2 Å². The Kier molecular flexibility index (Phi) is 8.83. The minimum Gasteiger partial charge on any atom is -0.473 e. The second-order valence-electron chi connectivity index (χ2n) is 10.00. The summed E-state index contributed by atoms with van der Waals surface area (Å²) in [6.07, 6.45) is -3.18. The molecule has 0 radical (unpaired) electrons. The Morgan fingerprint density at radius 2 is 1.98 bits per heavy atom. The summed E-state index contributed by atoms with van der Waals surface area (Å²) in [5.74, 6) is -1.01. The molecule has 1 fully saturated rings. The van der Waals surface area contributed by atoms with Crippen LogP contribution in [0, 0.1) is 0 Å². The lowest BCUT2D eigenvalue weighted by atomic mass is 10.0. The van der Waals surface area contributed by atoms with Gasteiger partial charge in [-0.25, -0.2) is 9.78 Å². The average Bonchev–Trinajstić information content (AvgIpc) is 3.72. The molecule has 5 heterocycles. The standard InChI is InChI=1S/C26H27ClF3N5O5S2/c1-13(2)34-8-6-14(7-9-34)31-23(36)22-32-19-20(21(24(37)38-3)42-25(19)39-12-26(28,29)30)35(22)11-15-10-16(40-33-15)17-4-5-18(27)41-17/h4-5,10,13-14H,6-9,11-12H2,1-3H3,(H,31,36). The van der Waals surface area contributed by atoms with Gasteiger partial charge in [0.15, 0.2) is 12.4 Å². The number of alkyl halides is 3. The number of likely N-dealkylation sites (tertiary alicyclic amines) is 1. The Hall–Kier alpha value is -3.14. The Labute approximate surface area is 251 Å². The van der Waals surface area contributed by atoms with Gasteiger partial charge in [0.2, 0.25) is 10.9 Å². The summed E-state index contributed by atoms with van der Waals surface area (Å²) >= 11 is 8.00. The summed E-state index contributed by atoms with van der Waals surface area (Å²) in [6, 6.07) is 5.40. The third-order valence-electron chi connectivity index (χ3n) is 6.80. The van der Waals surface area contributed by atoms with Crippen LogP contribution < -0.4 is 10.1 Å². The monoisotopic (exact) mass is 645 g/mol. The third-order valence-corrected chi connectivity index (χ3v) is 9.11. The van der Waals surface area contributed by atoms with Crippen LogP contribution in [0.4, 0.5) is 13.2 Å². The first-order valence-electron chi connectivity index (χ1n) is 13.0. The maximum Gasteiger partial charge on any atom is 0.422 e. The van der Waals surface area contributed by atoms with Crippen molar-refractivity contribution in [3.05, 3.63) is 38.9 Å². The Bertz CT molecular complexity index is 1590. The van der Waals surface area contributed by atoms with E-state index in [2.05, 4.69) is 34.2 Å². The highest BCUT2D eigenvalue weighted by Gasteiger charge is 2.34. The number of imidazole rings is 1. The van der Waals surface area contributed by atoms with E-state index in [-0.39, 0.29) is 39.4 Å². The van der Waals surface area contributed by atoms with E-state index in [9.17, 15) is 22.8 Å². The van der Waals surface area contributed by atoms with Crippen LogP contribution >= 0.6 is 34.3 Å². The van der Waals surface area contributed by atoms with Gasteiger partial charge in [0.1, 0.15) is 16.1 Å².